The van der Waals surface area contributed by atoms with E-state index in [4.69, 9.17) is 4.74 Å². The Morgan fingerprint density at radius 3 is 2.45 bits per heavy atom. The fourth-order valence-corrected chi connectivity index (χ4v) is 2.10. The minimum Gasteiger partial charge on any atom is -0.508 e. The zero-order chi connectivity index (χ0) is 16.1. The van der Waals surface area contributed by atoms with Crippen LogP contribution in [-0.4, -0.2) is 11.1 Å². The first-order valence-corrected chi connectivity index (χ1v) is 7.25. The lowest BCUT2D eigenvalue weighted by Gasteiger charge is -2.12. The molecule has 0 atom stereocenters. The lowest BCUT2D eigenvalue weighted by atomic mass is 10.00. The lowest BCUT2D eigenvalue weighted by Crippen LogP contribution is -2.06. The number of aryl methyl sites for hydroxylation is 1. The summed E-state index contributed by atoms with van der Waals surface area (Å²) in [5.41, 5.74) is 2.98. The zero-order valence-electron chi connectivity index (χ0n) is 13.0. The van der Waals surface area contributed by atoms with Crippen LogP contribution in [0.1, 0.15) is 36.5 Å². The van der Waals surface area contributed by atoms with Crippen molar-refractivity contribution in [3.63, 3.8) is 0 Å². The van der Waals surface area contributed by atoms with E-state index >= 15 is 0 Å². The molecule has 2 aromatic rings. The van der Waals surface area contributed by atoms with Crippen molar-refractivity contribution in [2.24, 2.45) is 0 Å². The fraction of sp³-hybridized carbons (Fsp3) is 0.211. The van der Waals surface area contributed by atoms with Crippen molar-refractivity contribution in [3.05, 3.63) is 65.2 Å². The molecule has 0 aliphatic heterocycles. The van der Waals surface area contributed by atoms with E-state index in [1.165, 1.54) is 6.08 Å². The molecular formula is C19H20O3. The van der Waals surface area contributed by atoms with Gasteiger partial charge in [0.2, 0.25) is 0 Å². The van der Waals surface area contributed by atoms with Gasteiger partial charge in [0.25, 0.3) is 0 Å². The first-order valence-electron chi connectivity index (χ1n) is 7.25. The number of phenols is 1. The molecule has 0 aromatic heterocycles. The van der Waals surface area contributed by atoms with E-state index in [1.54, 1.807) is 30.3 Å². The highest BCUT2D eigenvalue weighted by Gasteiger charge is 2.10. The van der Waals surface area contributed by atoms with Crippen molar-refractivity contribution >= 4 is 12.0 Å². The summed E-state index contributed by atoms with van der Waals surface area (Å²) in [7, 11) is 0. The summed E-state index contributed by atoms with van der Waals surface area (Å²) in [4.78, 5) is 12.0. The summed E-state index contributed by atoms with van der Waals surface area (Å²) in [6.07, 6.45) is 3.04. The molecule has 0 aliphatic carbocycles. The van der Waals surface area contributed by atoms with Gasteiger partial charge in [0.05, 0.1) is 0 Å². The molecule has 0 radical (unpaired) electrons. The zero-order valence-corrected chi connectivity index (χ0v) is 13.0. The quantitative estimate of drug-likeness (QED) is 0.515. The number of esters is 1. The van der Waals surface area contributed by atoms with Gasteiger partial charge in [-0.25, -0.2) is 4.79 Å². The second-order valence-corrected chi connectivity index (χ2v) is 5.54. The van der Waals surface area contributed by atoms with Crippen molar-refractivity contribution in [1.82, 2.24) is 0 Å². The second-order valence-electron chi connectivity index (χ2n) is 5.54. The van der Waals surface area contributed by atoms with E-state index in [0.29, 0.717) is 5.75 Å². The largest absolute Gasteiger partial charge is 0.508 e. The van der Waals surface area contributed by atoms with Crippen molar-refractivity contribution in [3.8, 4) is 11.5 Å². The molecule has 2 rings (SSSR count). The van der Waals surface area contributed by atoms with E-state index < -0.39 is 5.97 Å². The van der Waals surface area contributed by atoms with Crippen LogP contribution < -0.4 is 4.74 Å². The van der Waals surface area contributed by atoms with E-state index in [2.05, 4.69) is 13.8 Å². The second kappa shape index (κ2) is 6.94. The average molecular weight is 296 g/mol. The Labute approximate surface area is 130 Å². The molecule has 0 heterocycles. The van der Waals surface area contributed by atoms with E-state index in [1.807, 2.05) is 25.1 Å². The van der Waals surface area contributed by atoms with Gasteiger partial charge in [-0.15, -0.1) is 0 Å². The van der Waals surface area contributed by atoms with Crippen LogP contribution >= 0.6 is 0 Å². The number of benzene rings is 2. The smallest absolute Gasteiger partial charge is 0.336 e. The number of rotatable bonds is 4. The Morgan fingerprint density at radius 1 is 1.14 bits per heavy atom. The molecule has 0 saturated carbocycles. The van der Waals surface area contributed by atoms with Crippen molar-refractivity contribution in [1.29, 1.82) is 0 Å². The van der Waals surface area contributed by atoms with Crippen LogP contribution in [0.5, 0.6) is 11.5 Å². The van der Waals surface area contributed by atoms with Crippen LogP contribution in [0.15, 0.2) is 48.5 Å². The molecule has 2 aromatic carbocycles. The van der Waals surface area contributed by atoms with Gasteiger partial charge < -0.3 is 9.84 Å². The van der Waals surface area contributed by atoms with Crippen molar-refractivity contribution < 1.29 is 14.6 Å². The molecule has 0 spiro atoms. The maximum Gasteiger partial charge on any atom is 0.336 e. The summed E-state index contributed by atoms with van der Waals surface area (Å²) in [6.45, 7) is 6.15. The molecule has 0 saturated heterocycles. The van der Waals surface area contributed by atoms with Gasteiger partial charge >= 0.3 is 5.97 Å². The third kappa shape index (κ3) is 4.22. The average Bonchev–Trinajstić information content (AvgIpc) is 2.48. The minimum absolute atomic E-state index is 0.195. The highest BCUT2D eigenvalue weighted by molar-refractivity contribution is 5.88. The standard InChI is InChI=1S/C19H20O3/c1-13(2)17-12-14(3)4-10-18(17)22-19(21)11-7-15-5-8-16(20)9-6-15/h4-13,20H,1-3H3/b11-7+. The summed E-state index contributed by atoms with van der Waals surface area (Å²) in [5, 5.41) is 9.22. The Kier molecular flexibility index (Phi) is 4.99. The summed E-state index contributed by atoms with van der Waals surface area (Å²) in [5.74, 6) is 0.657. The van der Waals surface area contributed by atoms with Crippen molar-refractivity contribution in [2.75, 3.05) is 0 Å². The molecule has 114 valence electrons. The maximum atomic E-state index is 12.0. The van der Waals surface area contributed by atoms with Gasteiger partial charge in [-0.3, -0.25) is 0 Å². The normalized spacial score (nSPS) is 11.1. The van der Waals surface area contributed by atoms with Gasteiger partial charge in [0.15, 0.2) is 0 Å². The monoisotopic (exact) mass is 296 g/mol. The van der Waals surface area contributed by atoms with Gasteiger partial charge in [-0.05, 0) is 48.2 Å². The van der Waals surface area contributed by atoms with Crippen LogP contribution in [0, 0.1) is 6.92 Å². The summed E-state index contributed by atoms with van der Waals surface area (Å²) in [6, 6.07) is 12.4. The summed E-state index contributed by atoms with van der Waals surface area (Å²) < 4.78 is 5.43. The third-order valence-electron chi connectivity index (χ3n) is 3.30. The molecule has 0 aliphatic rings. The van der Waals surface area contributed by atoms with Crippen LogP contribution in [0.2, 0.25) is 0 Å². The highest BCUT2D eigenvalue weighted by Crippen LogP contribution is 2.27. The van der Waals surface area contributed by atoms with Crippen LogP contribution in [0.4, 0.5) is 0 Å². The lowest BCUT2D eigenvalue weighted by molar-refractivity contribution is -0.128. The molecule has 3 heteroatoms. The Bertz CT molecular complexity index is 682. The van der Waals surface area contributed by atoms with E-state index in [0.717, 1.165) is 16.7 Å². The van der Waals surface area contributed by atoms with Gasteiger partial charge in [0, 0.05) is 6.08 Å². The number of phenolic OH excluding ortho intramolecular Hbond substituents is 1. The Hall–Kier alpha value is -2.55. The molecule has 0 amide bonds. The van der Waals surface area contributed by atoms with Crippen molar-refractivity contribution in [2.45, 2.75) is 26.7 Å². The molecule has 0 fully saturated rings. The molecular weight excluding hydrogens is 276 g/mol. The fourth-order valence-electron chi connectivity index (χ4n) is 2.10. The third-order valence-corrected chi connectivity index (χ3v) is 3.30. The van der Waals surface area contributed by atoms with Gasteiger partial charge in [-0.2, -0.15) is 0 Å². The Balaban J connectivity index is 2.10. The first kappa shape index (κ1) is 15.8. The number of carbonyl (C=O) groups is 1. The molecule has 0 unspecified atom stereocenters. The van der Waals surface area contributed by atoms with E-state index in [-0.39, 0.29) is 11.7 Å². The van der Waals surface area contributed by atoms with Gasteiger partial charge in [0.1, 0.15) is 11.5 Å². The predicted molar refractivity (Wildman–Crippen MR) is 88.0 cm³/mol. The number of carbonyl (C=O) groups excluding carboxylic acids is 1. The minimum atomic E-state index is -0.418. The van der Waals surface area contributed by atoms with Gasteiger partial charge in [-0.1, -0.05) is 43.7 Å². The van der Waals surface area contributed by atoms with E-state index in [9.17, 15) is 9.90 Å². The number of aromatic hydroxyl groups is 1. The Morgan fingerprint density at radius 2 is 1.82 bits per heavy atom. The topological polar surface area (TPSA) is 46.5 Å². The molecule has 1 N–H and O–H groups in total. The number of hydrogen-bond acceptors (Lipinski definition) is 3. The highest BCUT2D eigenvalue weighted by atomic mass is 16.5. The maximum absolute atomic E-state index is 12.0. The van der Waals surface area contributed by atoms with Crippen LogP contribution in [0.25, 0.3) is 6.08 Å². The number of hydrogen-bond donors (Lipinski definition) is 1. The van der Waals surface area contributed by atoms with Crippen LogP contribution in [-0.2, 0) is 4.79 Å². The molecule has 0 bridgehead atoms. The predicted octanol–water partition coefficient (Wildman–Crippen LogP) is 4.44. The molecule has 3 nitrogen and oxygen atoms in total. The SMILES string of the molecule is Cc1ccc(OC(=O)/C=C/c2ccc(O)cc2)c(C(C)C)c1. The van der Waals surface area contributed by atoms with Crippen LogP contribution in [0.3, 0.4) is 0 Å². The summed E-state index contributed by atoms with van der Waals surface area (Å²) >= 11 is 0. The number of ether oxygens (including phenoxy) is 1. The first-order chi connectivity index (χ1) is 10.5. The molecule has 22 heavy (non-hydrogen) atoms.